The molecule has 1 saturated heterocycles. The number of aliphatic hydroxyl groups excluding tert-OH is 4. The third kappa shape index (κ3) is 4.30. The first-order valence-corrected chi connectivity index (χ1v) is 11.6. The van der Waals surface area contributed by atoms with E-state index in [-0.39, 0.29) is 18.5 Å². The van der Waals surface area contributed by atoms with Crippen LogP contribution < -0.4 is 10.6 Å². The van der Waals surface area contributed by atoms with E-state index in [0.717, 1.165) is 32.1 Å². The van der Waals surface area contributed by atoms with E-state index in [1.807, 2.05) is 0 Å². The largest absolute Gasteiger partial charge is 0.396 e. The molecule has 0 bridgehead atoms. The highest BCUT2D eigenvalue weighted by Crippen LogP contribution is 2.37. The first-order valence-electron chi connectivity index (χ1n) is 11.1. The Kier molecular flexibility index (Phi) is 7.45. The van der Waals surface area contributed by atoms with Crippen LogP contribution >= 0.6 is 11.6 Å². The molecule has 6 atom stereocenters. The SMILES string of the molecule is OCCCCCN[C@]1(n2cnc3c(N[C@H]4CCC[C@H]4O)ncnc32)O[C@H](CCl)[C@@H](O)[C@H]1O. The van der Waals surface area contributed by atoms with E-state index >= 15 is 0 Å². The third-order valence-corrected chi connectivity index (χ3v) is 6.60. The van der Waals surface area contributed by atoms with Gasteiger partial charge < -0.3 is 30.5 Å². The Bertz CT molecular complexity index is 902. The lowest BCUT2D eigenvalue weighted by atomic mass is 10.1. The molecule has 12 heteroatoms. The summed E-state index contributed by atoms with van der Waals surface area (Å²) >= 11 is 5.98. The first kappa shape index (κ1) is 23.6. The van der Waals surface area contributed by atoms with E-state index in [1.165, 1.54) is 12.7 Å². The number of aliphatic hydroxyl groups is 4. The second-order valence-corrected chi connectivity index (χ2v) is 8.72. The van der Waals surface area contributed by atoms with Gasteiger partial charge >= 0.3 is 0 Å². The molecule has 2 fully saturated rings. The van der Waals surface area contributed by atoms with Gasteiger partial charge in [0.25, 0.3) is 0 Å². The van der Waals surface area contributed by atoms with Crippen molar-refractivity contribution in [2.75, 3.05) is 24.3 Å². The van der Waals surface area contributed by atoms with Gasteiger partial charge in [-0.15, -0.1) is 11.6 Å². The van der Waals surface area contributed by atoms with E-state index < -0.39 is 30.3 Å². The highest BCUT2D eigenvalue weighted by molar-refractivity contribution is 6.18. The molecule has 0 amide bonds. The zero-order valence-corrected chi connectivity index (χ0v) is 18.5. The van der Waals surface area contributed by atoms with Crippen LogP contribution in [0.4, 0.5) is 5.82 Å². The van der Waals surface area contributed by atoms with Crippen molar-refractivity contribution in [1.29, 1.82) is 0 Å². The molecule has 0 spiro atoms. The number of aromatic nitrogens is 4. The Morgan fingerprint density at radius 2 is 2.00 bits per heavy atom. The fourth-order valence-corrected chi connectivity index (χ4v) is 4.75. The van der Waals surface area contributed by atoms with Gasteiger partial charge in [-0.25, -0.2) is 15.0 Å². The minimum atomic E-state index is -1.52. The Hall–Kier alpha value is -1.60. The maximum Gasteiger partial charge on any atom is 0.234 e. The van der Waals surface area contributed by atoms with E-state index in [0.29, 0.717) is 29.9 Å². The Balaban J connectivity index is 1.66. The van der Waals surface area contributed by atoms with Crippen LogP contribution in [-0.4, -0.2) is 89.4 Å². The van der Waals surface area contributed by atoms with Gasteiger partial charge in [0, 0.05) is 6.61 Å². The van der Waals surface area contributed by atoms with Crippen molar-refractivity contribution in [3.63, 3.8) is 0 Å². The molecule has 1 aliphatic carbocycles. The molecular formula is C20H31ClN6O5. The number of imidazole rings is 1. The molecule has 2 aromatic rings. The van der Waals surface area contributed by atoms with Crippen molar-refractivity contribution in [2.24, 2.45) is 0 Å². The van der Waals surface area contributed by atoms with Crippen LogP contribution in [-0.2, 0) is 10.6 Å². The lowest BCUT2D eigenvalue weighted by Gasteiger charge is -2.34. The quantitative estimate of drug-likeness (QED) is 0.204. The zero-order valence-electron chi connectivity index (χ0n) is 17.8. The zero-order chi connectivity index (χ0) is 22.7. The van der Waals surface area contributed by atoms with Gasteiger partial charge in [-0.3, -0.25) is 9.88 Å². The predicted octanol–water partition coefficient (Wildman–Crippen LogP) is -0.126. The van der Waals surface area contributed by atoms with Gasteiger partial charge in [-0.05, 0) is 45.1 Å². The molecule has 6 N–H and O–H groups in total. The number of unbranched alkanes of at least 4 members (excludes halogenated alkanes) is 2. The number of alkyl halides is 1. The molecule has 178 valence electrons. The number of nitrogens with zero attached hydrogens (tertiary/aromatic N) is 4. The average molecular weight is 471 g/mol. The topological polar surface area (TPSA) is 158 Å². The molecule has 32 heavy (non-hydrogen) atoms. The smallest absolute Gasteiger partial charge is 0.234 e. The molecule has 2 aromatic heterocycles. The van der Waals surface area contributed by atoms with Crippen LogP contribution in [0.25, 0.3) is 11.2 Å². The van der Waals surface area contributed by atoms with Gasteiger partial charge in [0.1, 0.15) is 31.0 Å². The van der Waals surface area contributed by atoms with Crippen molar-refractivity contribution >= 4 is 28.6 Å². The van der Waals surface area contributed by atoms with Crippen molar-refractivity contribution in [1.82, 2.24) is 24.8 Å². The molecule has 1 aliphatic heterocycles. The lowest BCUT2D eigenvalue weighted by molar-refractivity contribution is -0.159. The molecule has 11 nitrogen and oxygen atoms in total. The van der Waals surface area contributed by atoms with Crippen LogP contribution in [0.15, 0.2) is 12.7 Å². The van der Waals surface area contributed by atoms with Crippen LogP contribution in [0.5, 0.6) is 0 Å². The van der Waals surface area contributed by atoms with Crippen LogP contribution in [0, 0.1) is 0 Å². The number of ether oxygens (including phenoxy) is 1. The summed E-state index contributed by atoms with van der Waals surface area (Å²) in [7, 11) is 0. The average Bonchev–Trinajstić information content (AvgIpc) is 3.47. The molecule has 2 aliphatic rings. The number of anilines is 1. The van der Waals surface area contributed by atoms with Crippen molar-refractivity contribution < 1.29 is 25.2 Å². The predicted molar refractivity (Wildman–Crippen MR) is 117 cm³/mol. The summed E-state index contributed by atoms with van der Waals surface area (Å²) in [6.07, 6.45) is 3.80. The van der Waals surface area contributed by atoms with Gasteiger partial charge in [-0.1, -0.05) is 0 Å². The maximum atomic E-state index is 11.0. The number of halogens is 1. The number of fused-ring (bicyclic) bond motifs is 1. The lowest BCUT2D eigenvalue weighted by Crippen LogP contribution is -2.56. The fourth-order valence-electron chi connectivity index (χ4n) is 4.51. The molecule has 1 saturated carbocycles. The molecule has 0 aromatic carbocycles. The minimum Gasteiger partial charge on any atom is -0.396 e. The summed E-state index contributed by atoms with van der Waals surface area (Å²) in [4.78, 5) is 13.1. The van der Waals surface area contributed by atoms with Gasteiger partial charge in [0.05, 0.1) is 18.0 Å². The summed E-state index contributed by atoms with van der Waals surface area (Å²) < 4.78 is 7.64. The molecule has 3 heterocycles. The van der Waals surface area contributed by atoms with Crippen LogP contribution in [0.3, 0.4) is 0 Å². The number of hydrogen-bond donors (Lipinski definition) is 6. The summed E-state index contributed by atoms with van der Waals surface area (Å²) in [5, 5.41) is 47.2. The normalized spacial score (nSPS) is 32.7. The number of nitrogens with one attached hydrogen (secondary N) is 2. The second kappa shape index (κ2) is 10.1. The van der Waals surface area contributed by atoms with Crippen LogP contribution in [0.2, 0.25) is 0 Å². The van der Waals surface area contributed by atoms with E-state index in [9.17, 15) is 15.3 Å². The summed E-state index contributed by atoms with van der Waals surface area (Å²) in [6.45, 7) is 0.578. The highest BCUT2D eigenvalue weighted by Gasteiger charge is 2.56. The monoisotopic (exact) mass is 470 g/mol. The van der Waals surface area contributed by atoms with Crippen molar-refractivity contribution in [2.45, 2.75) is 74.8 Å². The molecular weight excluding hydrogens is 440 g/mol. The number of hydrogen-bond acceptors (Lipinski definition) is 10. The maximum absolute atomic E-state index is 11.0. The van der Waals surface area contributed by atoms with Crippen molar-refractivity contribution in [3.05, 3.63) is 12.7 Å². The van der Waals surface area contributed by atoms with Crippen molar-refractivity contribution in [3.8, 4) is 0 Å². The summed E-state index contributed by atoms with van der Waals surface area (Å²) in [6, 6.07) is -0.118. The third-order valence-electron chi connectivity index (χ3n) is 6.29. The molecule has 0 radical (unpaired) electrons. The van der Waals surface area contributed by atoms with Gasteiger partial charge in [0.2, 0.25) is 5.85 Å². The first-order chi connectivity index (χ1) is 15.5. The summed E-state index contributed by atoms with van der Waals surface area (Å²) in [5.74, 6) is -1.04. The molecule has 0 unspecified atom stereocenters. The number of rotatable bonds is 10. The fraction of sp³-hybridized carbons (Fsp3) is 0.750. The standard InChI is InChI=1S/C20H31ClN6O5/c21-9-14-16(30)17(31)20(32-14,25-7-2-1-3-8-28)27-11-24-15-18(22-10-23-19(15)27)26-12-5-4-6-13(12)29/h10-14,16-17,25,28-31H,1-9H2,(H,22,23,26)/t12-,13+,14+,16+,17+,20+/m0/s1. The minimum absolute atomic E-state index is 0.000156. The Morgan fingerprint density at radius 1 is 1.16 bits per heavy atom. The van der Waals surface area contributed by atoms with E-state index in [4.69, 9.17) is 21.4 Å². The Labute approximate surface area is 190 Å². The molecule has 4 rings (SSSR count). The Morgan fingerprint density at radius 3 is 2.69 bits per heavy atom. The van der Waals surface area contributed by atoms with Crippen LogP contribution in [0.1, 0.15) is 38.5 Å². The van der Waals surface area contributed by atoms with E-state index in [2.05, 4.69) is 25.6 Å². The van der Waals surface area contributed by atoms with Gasteiger partial charge in [-0.2, -0.15) is 0 Å². The summed E-state index contributed by atoms with van der Waals surface area (Å²) in [5.41, 5.74) is 0.868. The second-order valence-electron chi connectivity index (χ2n) is 8.41. The van der Waals surface area contributed by atoms with Gasteiger partial charge in [0.15, 0.2) is 17.0 Å². The highest BCUT2D eigenvalue weighted by atomic mass is 35.5. The van der Waals surface area contributed by atoms with E-state index in [1.54, 1.807) is 4.57 Å².